The van der Waals surface area contributed by atoms with Crippen LogP contribution in [-0.4, -0.2) is 37.7 Å². The highest BCUT2D eigenvalue weighted by Gasteiger charge is 2.20. The summed E-state index contributed by atoms with van der Waals surface area (Å²) < 4.78 is 26.7. The number of anilines is 1. The average molecular weight is 390 g/mol. The van der Waals surface area contributed by atoms with Gasteiger partial charge >= 0.3 is 0 Å². The number of aryl methyl sites for hydroxylation is 2. The number of nitrogens with zero attached hydrogens (tertiary/aromatic N) is 2. The molecule has 0 radical (unpaired) electrons. The standard InChI is InChI=1S/C18H19N3O3S2/c1-11-5-8-15-16(9-11)25-18(19-15)20-17(22)14-10-13(7-6-12(14)2)26(23,24)21(3)4/h5-10H,1-4H3,(H,19,20,22). The Kier molecular flexibility index (Phi) is 4.83. The van der Waals surface area contributed by atoms with Gasteiger partial charge in [-0.3, -0.25) is 10.1 Å². The van der Waals surface area contributed by atoms with Gasteiger partial charge in [-0.1, -0.05) is 23.5 Å². The van der Waals surface area contributed by atoms with Crippen LogP contribution in [0.5, 0.6) is 0 Å². The van der Waals surface area contributed by atoms with Crippen molar-refractivity contribution >= 4 is 42.6 Å². The molecule has 1 amide bonds. The second-order valence-electron chi connectivity index (χ2n) is 6.21. The van der Waals surface area contributed by atoms with Crippen LogP contribution >= 0.6 is 11.3 Å². The number of thiazole rings is 1. The van der Waals surface area contributed by atoms with Crippen molar-refractivity contribution in [2.24, 2.45) is 0 Å². The first-order chi connectivity index (χ1) is 12.2. The lowest BCUT2D eigenvalue weighted by molar-refractivity contribution is 0.102. The van der Waals surface area contributed by atoms with Crippen molar-refractivity contribution < 1.29 is 13.2 Å². The molecular weight excluding hydrogens is 370 g/mol. The number of fused-ring (bicyclic) bond motifs is 1. The van der Waals surface area contributed by atoms with Crippen LogP contribution in [0.3, 0.4) is 0 Å². The van der Waals surface area contributed by atoms with Gasteiger partial charge in [0.2, 0.25) is 10.0 Å². The van der Waals surface area contributed by atoms with E-state index < -0.39 is 10.0 Å². The molecular formula is C18H19N3O3S2. The number of rotatable bonds is 4. The summed E-state index contributed by atoms with van der Waals surface area (Å²) in [6, 6.07) is 10.4. The van der Waals surface area contributed by atoms with Crippen molar-refractivity contribution in [3.63, 3.8) is 0 Å². The van der Waals surface area contributed by atoms with Gasteiger partial charge in [0.1, 0.15) is 0 Å². The quantitative estimate of drug-likeness (QED) is 0.741. The first kappa shape index (κ1) is 18.5. The molecule has 0 aliphatic rings. The second kappa shape index (κ2) is 6.79. The molecule has 0 saturated carbocycles. The van der Waals surface area contributed by atoms with E-state index in [0.717, 1.165) is 20.1 Å². The lowest BCUT2D eigenvalue weighted by Gasteiger charge is -2.13. The summed E-state index contributed by atoms with van der Waals surface area (Å²) in [6.07, 6.45) is 0. The summed E-state index contributed by atoms with van der Waals surface area (Å²) in [5.41, 5.74) is 2.94. The van der Waals surface area contributed by atoms with Gasteiger partial charge in [-0.2, -0.15) is 0 Å². The van der Waals surface area contributed by atoms with E-state index in [1.165, 1.54) is 37.6 Å². The molecule has 0 saturated heterocycles. The molecule has 1 heterocycles. The minimum Gasteiger partial charge on any atom is -0.298 e. The van der Waals surface area contributed by atoms with Crippen LogP contribution in [0.25, 0.3) is 10.2 Å². The van der Waals surface area contributed by atoms with Crippen molar-refractivity contribution in [2.45, 2.75) is 18.7 Å². The van der Waals surface area contributed by atoms with E-state index in [4.69, 9.17) is 0 Å². The Morgan fingerprint density at radius 1 is 1.12 bits per heavy atom. The Hall–Kier alpha value is -2.29. The van der Waals surface area contributed by atoms with Crippen LogP contribution < -0.4 is 5.32 Å². The number of aromatic nitrogens is 1. The predicted octanol–water partition coefficient (Wildman–Crippen LogP) is 3.42. The van der Waals surface area contributed by atoms with E-state index in [9.17, 15) is 13.2 Å². The van der Waals surface area contributed by atoms with Crippen molar-refractivity contribution in [1.82, 2.24) is 9.29 Å². The van der Waals surface area contributed by atoms with Crippen molar-refractivity contribution in [3.8, 4) is 0 Å². The molecule has 0 aliphatic carbocycles. The van der Waals surface area contributed by atoms with E-state index in [-0.39, 0.29) is 10.8 Å². The molecule has 6 nitrogen and oxygen atoms in total. The lowest BCUT2D eigenvalue weighted by atomic mass is 10.1. The highest BCUT2D eigenvalue weighted by Crippen LogP contribution is 2.27. The van der Waals surface area contributed by atoms with Crippen molar-refractivity contribution in [1.29, 1.82) is 0 Å². The topological polar surface area (TPSA) is 79.4 Å². The molecule has 26 heavy (non-hydrogen) atoms. The number of hydrogen-bond donors (Lipinski definition) is 1. The molecule has 0 aliphatic heterocycles. The highest BCUT2D eigenvalue weighted by atomic mass is 32.2. The van der Waals surface area contributed by atoms with Gasteiger partial charge < -0.3 is 0 Å². The molecule has 2 aromatic carbocycles. The van der Waals surface area contributed by atoms with Crippen molar-refractivity contribution in [2.75, 3.05) is 19.4 Å². The first-order valence-corrected chi connectivity index (χ1v) is 10.2. The molecule has 3 aromatic rings. The van der Waals surface area contributed by atoms with Gasteiger partial charge in [0.05, 0.1) is 15.1 Å². The Balaban J connectivity index is 1.94. The van der Waals surface area contributed by atoms with Gasteiger partial charge in [0.25, 0.3) is 5.91 Å². The molecule has 0 unspecified atom stereocenters. The zero-order valence-corrected chi connectivity index (χ0v) is 16.5. The minimum atomic E-state index is -3.61. The zero-order chi connectivity index (χ0) is 19.1. The third-order valence-corrected chi connectivity index (χ3v) is 6.74. The fourth-order valence-corrected chi connectivity index (χ4v) is 4.35. The van der Waals surface area contributed by atoms with Crippen molar-refractivity contribution in [3.05, 3.63) is 53.1 Å². The molecule has 1 N–H and O–H groups in total. The maximum atomic E-state index is 12.7. The first-order valence-electron chi connectivity index (χ1n) is 7.90. The van der Waals surface area contributed by atoms with E-state index in [1.54, 1.807) is 13.0 Å². The average Bonchev–Trinajstić information content (AvgIpc) is 2.95. The summed E-state index contributed by atoms with van der Waals surface area (Å²) in [5.74, 6) is -0.380. The third-order valence-electron chi connectivity index (χ3n) is 4.00. The van der Waals surface area contributed by atoms with E-state index in [2.05, 4.69) is 10.3 Å². The Bertz CT molecular complexity index is 1100. The SMILES string of the molecule is Cc1ccc2nc(NC(=O)c3cc(S(=O)(=O)N(C)C)ccc3C)sc2c1. The lowest BCUT2D eigenvalue weighted by Crippen LogP contribution is -2.23. The van der Waals surface area contributed by atoms with E-state index >= 15 is 0 Å². The molecule has 1 aromatic heterocycles. The van der Waals surface area contributed by atoms with Gasteiger partial charge in [0.15, 0.2) is 5.13 Å². The molecule has 0 atom stereocenters. The fraction of sp³-hybridized carbons (Fsp3) is 0.222. The molecule has 0 bridgehead atoms. The van der Waals surface area contributed by atoms with Gasteiger partial charge in [0, 0.05) is 19.7 Å². The predicted molar refractivity (Wildman–Crippen MR) is 104 cm³/mol. The van der Waals surface area contributed by atoms with E-state index in [1.807, 2.05) is 25.1 Å². The Morgan fingerprint density at radius 2 is 1.85 bits per heavy atom. The number of carbonyl (C=O) groups excluding carboxylic acids is 1. The number of benzene rings is 2. The molecule has 0 spiro atoms. The number of nitrogens with one attached hydrogen (secondary N) is 1. The van der Waals surface area contributed by atoms with Gasteiger partial charge in [-0.25, -0.2) is 17.7 Å². The fourth-order valence-electron chi connectivity index (χ4n) is 2.47. The molecule has 136 valence electrons. The normalized spacial score (nSPS) is 11.9. The third kappa shape index (κ3) is 3.48. The van der Waals surface area contributed by atoms with Crippen LogP contribution in [0, 0.1) is 13.8 Å². The van der Waals surface area contributed by atoms with Crippen LogP contribution in [0.4, 0.5) is 5.13 Å². The second-order valence-corrected chi connectivity index (χ2v) is 9.39. The number of sulfonamides is 1. The molecule has 0 fully saturated rings. The monoisotopic (exact) mass is 389 g/mol. The van der Waals surface area contributed by atoms with Crippen LogP contribution in [0.1, 0.15) is 21.5 Å². The smallest absolute Gasteiger partial charge is 0.257 e. The van der Waals surface area contributed by atoms with Gasteiger partial charge in [-0.05, 0) is 49.2 Å². The highest BCUT2D eigenvalue weighted by molar-refractivity contribution is 7.89. The van der Waals surface area contributed by atoms with Crippen LogP contribution in [0.2, 0.25) is 0 Å². The summed E-state index contributed by atoms with van der Waals surface area (Å²) >= 11 is 1.39. The van der Waals surface area contributed by atoms with E-state index in [0.29, 0.717) is 16.3 Å². The Morgan fingerprint density at radius 3 is 2.54 bits per heavy atom. The molecule has 3 rings (SSSR count). The maximum Gasteiger partial charge on any atom is 0.257 e. The summed E-state index contributed by atoms with van der Waals surface area (Å²) in [5, 5.41) is 3.26. The minimum absolute atomic E-state index is 0.0816. The number of amides is 1. The summed E-state index contributed by atoms with van der Waals surface area (Å²) in [4.78, 5) is 17.2. The summed E-state index contributed by atoms with van der Waals surface area (Å²) in [6.45, 7) is 3.76. The molecule has 8 heteroatoms. The maximum absolute atomic E-state index is 12.7. The summed E-state index contributed by atoms with van der Waals surface area (Å²) in [7, 11) is -0.695. The van der Waals surface area contributed by atoms with Gasteiger partial charge in [-0.15, -0.1) is 0 Å². The van der Waals surface area contributed by atoms with Crippen LogP contribution in [0.15, 0.2) is 41.3 Å². The Labute approximate surface area is 156 Å². The zero-order valence-electron chi connectivity index (χ0n) is 14.9. The number of carbonyl (C=O) groups is 1. The number of hydrogen-bond acceptors (Lipinski definition) is 5. The van der Waals surface area contributed by atoms with Crippen LogP contribution in [-0.2, 0) is 10.0 Å². The largest absolute Gasteiger partial charge is 0.298 e.